The number of thiophene rings is 1. The minimum Gasteiger partial charge on any atom is -0.748 e. The Morgan fingerprint density at radius 1 is 1.26 bits per heavy atom. The highest BCUT2D eigenvalue weighted by Crippen LogP contribution is 2.31. The van der Waals surface area contributed by atoms with Gasteiger partial charge in [0.1, 0.15) is 12.3 Å². The Labute approximate surface area is 138 Å². The molecule has 2 aromatic heterocycles. The van der Waals surface area contributed by atoms with Gasteiger partial charge in [-0.2, -0.15) is 4.57 Å². The van der Waals surface area contributed by atoms with Gasteiger partial charge in [0.2, 0.25) is 5.52 Å². The molecule has 3 aromatic rings. The molecule has 0 atom stereocenters. The van der Waals surface area contributed by atoms with Gasteiger partial charge in [-0.05, 0) is 23.6 Å². The van der Waals surface area contributed by atoms with E-state index in [2.05, 4.69) is 10.6 Å². The highest BCUT2D eigenvalue weighted by Gasteiger charge is 2.20. The third kappa shape index (κ3) is 3.17. The van der Waals surface area contributed by atoms with Crippen LogP contribution in [0.1, 0.15) is 12.1 Å². The first kappa shape index (κ1) is 16.2. The number of methoxy groups -OCH3 is 1. The molecule has 0 radical (unpaired) electrons. The van der Waals surface area contributed by atoms with Gasteiger partial charge in [-0.3, -0.25) is 0 Å². The number of nitrogens with zero attached hydrogens (tertiary/aromatic N) is 1. The molecule has 2 heterocycles. The normalized spacial score (nSPS) is 12.1. The van der Waals surface area contributed by atoms with E-state index in [1.54, 1.807) is 18.4 Å². The van der Waals surface area contributed by atoms with Crippen LogP contribution in [0.15, 0.2) is 29.6 Å². The van der Waals surface area contributed by atoms with Crippen LogP contribution in [0.5, 0.6) is 5.75 Å². The van der Waals surface area contributed by atoms with Crippen LogP contribution in [0, 0.1) is 6.92 Å². The molecule has 0 aliphatic heterocycles. The molecule has 3 rings (SSSR count). The molecule has 0 aliphatic rings. The number of hydrogen-bond acceptors (Lipinski definition) is 5. The zero-order valence-electron chi connectivity index (χ0n) is 12.9. The van der Waals surface area contributed by atoms with E-state index in [0.717, 1.165) is 27.7 Å². The van der Waals surface area contributed by atoms with Gasteiger partial charge >= 0.3 is 0 Å². The Bertz CT molecular complexity index is 977. The summed E-state index contributed by atoms with van der Waals surface area (Å²) in [5.74, 6) is 0.394. The van der Waals surface area contributed by atoms with E-state index in [1.807, 2.05) is 30.5 Å². The van der Waals surface area contributed by atoms with Crippen molar-refractivity contribution in [2.24, 2.45) is 0 Å². The van der Waals surface area contributed by atoms with Crippen molar-refractivity contribution in [2.45, 2.75) is 19.9 Å². The Morgan fingerprint density at radius 3 is 2.74 bits per heavy atom. The molecular weight excluding hydrogens is 334 g/mol. The Balaban J connectivity index is 2.17. The fraction of sp³-hybridized carbons (Fsp3) is 0.312. The van der Waals surface area contributed by atoms with Gasteiger partial charge in [-0.1, -0.05) is 0 Å². The van der Waals surface area contributed by atoms with Crippen molar-refractivity contribution in [2.75, 3.05) is 12.9 Å². The average Bonchev–Trinajstić information content (AvgIpc) is 2.98. The summed E-state index contributed by atoms with van der Waals surface area (Å²) in [7, 11) is -2.57. The fourth-order valence-corrected chi connectivity index (χ4v) is 4.34. The van der Waals surface area contributed by atoms with Gasteiger partial charge in [-0.25, -0.2) is 8.42 Å². The van der Waals surface area contributed by atoms with Gasteiger partial charge < -0.3 is 9.29 Å². The van der Waals surface area contributed by atoms with E-state index in [1.165, 1.54) is 4.70 Å². The first-order valence-electron chi connectivity index (χ1n) is 7.21. The van der Waals surface area contributed by atoms with Crippen LogP contribution in [0.4, 0.5) is 0 Å². The molecule has 7 heteroatoms. The predicted octanol–water partition coefficient (Wildman–Crippen LogP) is 2.59. The van der Waals surface area contributed by atoms with E-state index >= 15 is 0 Å². The lowest BCUT2D eigenvalue weighted by Crippen LogP contribution is -2.39. The molecule has 23 heavy (non-hydrogen) atoms. The zero-order chi connectivity index (χ0) is 16.6. The van der Waals surface area contributed by atoms with E-state index < -0.39 is 10.1 Å². The number of rotatable bonds is 5. The number of benzene rings is 1. The molecule has 0 N–H and O–H groups in total. The van der Waals surface area contributed by atoms with Gasteiger partial charge in [-0.15, -0.1) is 11.3 Å². The van der Waals surface area contributed by atoms with Crippen molar-refractivity contribution in [3.8, 4) is 5.75 Å². The first-order valence-corrected chi connectivity index (χ1v) is 9.67. The fourth-order valence-electron chi connectivity index (χ4n) is 2.87. The summed E-state index contributed by atoms with van der Waals surface area (Å²) in [5, 5.41) is 4.30. The van der Waals surface area contributed by atoms with Crippen molar-refractivity contribution < 1.29 is 22.3 Å². The summed E-state index contributed by atoms with van der Waals surface area (Å²) in [5.41, 5.74) is 2.05. The first-order chi connectivity index (χ1) is 10.9. The summed E-state index contributed by atoms with van der Waals surface area (Å²) in [6, 6.07) is 7.96. The van der Waals surface area contributed by atoms with Gasteiger partial charge in [0.15, 0.2) is 5.69 Å². The SMILES string of the molecule is COc1ccc2c3sccc3c(C)[n+](CCCS(=O)(=O)[O-])c2c1. The summed E-state index contributed by atoms with van der Waals surface area (Å²) >= 11 is 1.68. The quantitative estimate of drug-likeness (QED) is 0.523. The lowest BCUT2D eigenvalue weighted by molar-refractivity contribution is -0.675. The Hall–Kier alpha value is -1.70. The predicted molar refractivity (Wildman–Crippen MR) is 90.0 cm³/mol. The van der Waals surface area contributed by atoms with Crippen LogP contribution in [0.2, 0.25) is 0 Å². The number of fused-ring (bicyclic) bond motifs is 3. The van der Waals surface area contributed by atoms with Crippen LogP contribution >= 0.6 is 11.3 Å². The molecule has 0 spiro atoms. The summed E-state index contributed by atoms with van der Waals surface area (Å²) in [6.07, 6.45) is 0.291. The summed E-state index contributed by atoms with van der Waals surface area (Å²) in [6.45, 7) is 2.49. The van der Waals surface area contributed by atoms with Crippen LogP contribution in [-0.2, 0) is 16.7 Å². The monoisotopic (exact) mass is 351 g/mol. The molecule has 5 nitrogen and oxygen atoms in total. The van der Waals surface area contributed by atoms with Crippen molar-refractivity contribution in [1.82, 2.24) is 0 Å². The van der Waals surface area contributed by atoms with E-state index in [-0.39, 0.29) is 5.75 Å². The minimum absolute atomic E-state index is 0.291. The maximum atomic E-state index is 10.9. The molecule has 0 amide bonds. The minimum atomic E-state index is -4.19. The van der Waals surface area contributed by atoms with E-state index in [4.69, 9.17) is 4.74 Å². The molecule has 0 saturated carbocycles. The van der Waals surface area contributed by atoms with Gasteiger partial charge in [0, 0.05) is 19.1 Å². The largest absolute Gasteiger partial charge is 0.748 e. The summed E-state index contributed by atoms with van der Waals surface area (Å²) in [4.78, 5) is 0. The van der Waals surface area contributed by atoms with E-state index in [0.29, 0.717) is 13.0 Å². The molecule has 0 saturated heterocycles. The number of aromatic nitrogens is 1. The maximum absolute atomic E-state index is 10.9. The topological polar surface area (TPSA) is 70.3 Å². The maximum Gasteiger partial charge on any atom is 0.217 e. The number of pyridine rings is 1. The molecular formula is C16H17NO4S2. The number of aryl methyl sites for hydroxylation is 2. The smallest absolute Gasteiger partial charge is 0.217 e. The van der Waals surface area contributed by atoms with Gasteiger partial charge in [0.05, 0.1) is 38.8 Å². The van der Waals surface area contributed by atoms with Crippen LogP contribution in [0.3, 0.4) is 0 Å². The van der Waals surface area contributed by atoms with Gasteiger partial charge in [0.25, 0.3) is 0 Å². The number of hydrogen-bond donors (Lipinski definition) is 0. The lowest BCUT2D eigenvalue weighted by Gasteiger charge is -2.09. The van der Waals surface area contributed by atoms with Crippen LogP contribution in [0.25, 0.3) is 21.0 Å². The molecule has 0 bridgehead atoms. The number of ether oxygens (including phenoxy) is 1. The van der Waals surface area contributed by atoms with Crippen molar-refractivity contribution in [3.05, 3.63) is 35.3 Å². The molecule has 0 unspecified atom stereocenters. The second-order valence-electron chi connectivity index (χ2n) is 5.40. The van der Waals surface area contributed by atoms with Crippen LogP contribution < -0.4 is 9.30 Å². The summed E-state index contributed by atoms with van der Waals surface area (Å²) < 4.78 is 41.2. The Morgan fingerprint density at radius 2 is 2.04 bits per heavy atom. The lowest BCUT2D eigenvalue weighted by atomic mass is 10.1. The molecule has 122 valence electrons. The second-order valence-corrected chi connectivity index (χ2v) is 7.84. The second kappa shape index (κ2) is 6.07. The molecule has 0 aliphatic carbocycles. The average molecular weight is 351 g/mol. The molecule has 0 fully saturated rings. The third-order valence-corrected chi connectivity index (χ3v) is 5.71. The van der Waals surface area contributed by atoms with Crippen molar-refractivity contribution in [3.63, 3.8) is 0 Å². The zero-order valence-corrected chi connectivity index (χ0v) is 14.5. The highest BCUT2D eigenvalue weighted by molar-refractivity contribution is 7.85. The highest BCUT2D eigenvalue weighted by atomic mass is 32.2. The standard InChI is InChI=1S/C16H17NO4S2/c1-11-13-6-8-22-16(13)14-5-4-12(21-2)10-15(14)17(11)7-3-9-23(18,19)20/h4-6,8,10H,3,7,9H2,1-2H3. The third-order valence-electron chi connectivity index (χ3n) is 3.98. The van der Waals surface area contributed by atoms with Crippen molar-refractivity contribution in [1.29, 1.82) is 0 Å². The van der Waals surface area contributed by atoms with Crippen molar-refractivity contribution >= 4 is 42.4 Å². The molecule has 1 aromatic carbocycles. The Kier molecular flexibility index (Phi) is 4.27. The van der Waals surface area contributed by atoms with E-state index in [9.17, 15) is 13.0 Å². The van der Waals surface area contributed by atoms with Crippen LogP contribution in [-0.4, -0.2) is 25.8 Å².